The largest absolute Gasteiger partial charge is 0.465 e. The zero-order chi connectivity index (χ0) is 15.1. The maximum atomic E-state index is 12.3. The SMILES string of the molecule is CCCN(CC(C)(NC(C)C)C(=O)OCC)C(C)C. The molecule has 0 fully saturated rings. The first kappa shape index (κ1) is 18.4. The van der Waals surface area contributed by atoms with Gasteiger partial charge in [-0.2, -0.15) is 0 Å². The van der Waals surface area contributed by atoms with E-state index in [4.69, 9.17) is 4.74 Å². The minimum Gasteiger partial charge on any atom is -0.465 e. The summed E-state index contributed by atoms with van der Waals surface area (Å²) in [7, 11) is 0. The van der Waals surface area contributed by atoms with Crippen molar-refractivity contribution < 1.29 is 9.53 Å². The molecule has 0 aliphatic heterocycles. The lowest BCUT2D eigenvalue weighted by Crippen LogP contribution is -2.60. The Balaban J connectivity index is 4.95. The molecule has 0 aliphatic rings. The first-order valence-electron chi connectivity index (χ1n) is 7.45. The summed E-state index contributed by atoms with van der Waals surface area (Å²) in [6, 6.07) is 0.660. The quantitative estimate of drug-likeness (QED) is 0.655. The van der Waals surface area contributed by atoms with Crippen molar-refractivity contribution in [3.8, 4) is 0 Å². The van der Waals surface area contributed by atoms with E-state index in [2.05, 4.69) is 44.8 Å². The number of nitrogens with zero attached hydrogens (tertiary/aromatic N) is 1. The molecule has 0 spiro atoms. The molecular formula is C15H32N2O2. The maximum Gasteiger partial charge on any atom is 0.327 e. The second-order valence-electron chi connectivity index (χ2n) is 5.92. The maximum absolute atomic E-state index is 12.3. The molecule has 1 N–H and O–H groups in total. The molecule has 19 heavy (non-hydrogen) atoms. The highest BCUT2D eigenvalue weighted by molar-refractivity contribution is 5.80. The molecule has 1 unspecified atom stereocenters. The van der Waals surface area contributed by atoms with Gasteiger partial charge in [0.1, 0.15) is 5.54 Å². The van der Waals surface area contributed by atoms with E-state index in [0.717, 1.165) is 13.0 Å². The van der Waals surface area contributed by atoms with Gasteiger partial charge in [-0.25, -0.2) is 0 Å². The Hall–Kier alpha value is -0.610. The predicted molar refractivity (Wildman–Crippen MR) is 80.3 cm³/mol. The first-order valence-corrected chi connectivity index (χ1v) is 7.45. The molecular weight excluding hydrogens is 240 g/mol. The van der Waals surface area contributed by atoms with Crippen LogP contribution in [0.2, 0.25) is 0 Å². The van der Waals surface area contributed by atoms with E-state index < -0.39 is 5.54 Å². The van der Waals surface area contributed by atoms with Gasteiger partial charge in [-0.05, 0) is 54.5 Å². The predicted octanol–water partition coefficient (Wildman–Crippen LogP) is 2.43. The highest BCUT2D eigenvalue weighted by Gasteiger charge is 2.37. The zero-order valence-corrected chi connectivity index (χ0v) is 13.7. The second-order valence-corrected chi connectivity index (χ2v) is 5.92. The van der Waals surface area contributed by atoms with Crippen molar-refractivity contribution in [3.05, 3.63) is 0 Å². The number of hydrogen-bond donors (Lipinski definition) is 1. The van der Waals surface area contributed by atoms with E-state index >= 15 is 0 Å². The van der Waals surface area contributed by atoms with Gasteiger partial charge in [0.2, 0.25) is 0 Å². The molecule has 0 saturated heterocycles. The summed E-state index contributed by atoms with van der Waals surface area (Å²) in [5, 5.41) is 3.37. The molecule has 0 aromatic rings. The summed E-state index contributed by atoms with van der Waals surface area (Å²) in [4.78, 5) is 14.6. The van der Waals surface area contributed by atoms with Crippen LogP contribution in [0.4, 0.5) is 0 Å². The topological polar surface area (TPSA) is 41.6 Å². The van der Waals surface area contributed by atoms with Crippen LogP contribution in [0, 0.1) is 0 Å². The smallest absolute Gasteiger partial charge is 0.327 e. The lowest BCUT2D eigenvalue weighted by molar-refractivity contribution is -0.152. The number of nitrogens with one attached hydrogen (secondary N) is 1. The number of carbonyl (C=O) groups excluding carboxylic acids is 1. The summed E-state index contributed by atoms with van der Waals surface area (Å²) in [6.45, 7) is 16.5. The highest BCUT2D eigenvalue weighted by Crippen LogP contribution is 2.14. The molecule has 0 radical (unpaired) electrons. The monoisotopic (exact) mass is 272 g/mol. The van der Waals surface area contributed by atoms with Crippen molar-refractivity contribution in [3.63, 3.8) is 0 Å². The Kier molecular flexibility index (Phi) is 8.26. The molecule has 114 valence electrons. The Morgan fingerprint density at radius 1 is 1.26 bits per heavy atom. The second kappa shape index (κ2) is 8.54. The van der Waals surface area contributed by atoms with E-state index in [1.165, 1.54) is 0 Å². The molecule has 4 heteroatoms. The summed E-state index contributed by atoms with van der Waals surface area (Å²) in [5.74, 6) is -0.162. The molecule has 0 bridgehead atoms. The van der Waals surface area contributed by atoms with Crippen LogP contribution in [0.5, 0.6) is 0 Å². The third kappa shape index (κ3) is 6.39. The zero-order valence-electron chi connectivity index (χ0n) is 13.7. The van der Waals surface area contributed by atoms with Gasteiger partial charge in [0, 0.05) is 18.6 Å². The van der Waals surface area contributed by atoms with Crippen LogP contribution in [0.25, 0.3) is 0 Å². The van der Waals surface area contributed by atoms with Crippen LogP contribution < -0.4 is 5.32 Å². The molecule has 0 aliphatic carbocycles. The van der Waals surface area contributed by atoms with Gasteiger partial charge in [0.25, 0.3) is 0 Å². The molecule has 0 amide bonds. The Labute approximate surface area is 118 Å². The van der Waals surface area contributed by atoms with Crippen LogP contribution in [0.15, 0.2) is 0 Å². The van der Waals surface area contributed by atoms with Crippen LogP contribution in [-0.4, -0.2) is 48.2 Å². The van der Waals surface area contributed by atoms with Crippen molar-refractivity contribution in [2.75, 3.05) is 19.7 Å². The van der Waals surface area contributed by atoms with Crippen molar-refractivity contribution in [2.24, 2.45) is 0 Å². The van der Waals surface area contributed by atoms with Gasteiger partial charge >= 0.3 is 5.97 Å². The van der Waals surface area contributed by atoms with Gasteiger partial charge in [0.05, 0.1) is 6.61 Å². The van der Waals surface area contributed by atoms with Crippen LogP contribution in [0.3, 0.4) is 0 Å². The molecule has 0 aromatic heterocycles. The van der Waals surface area contributed by atoms with Crippen LogP contribution in [0.1, 0.15) is 54.9 Å². The van der Waals surface area contributed by atoms with Crippen molar-refractivity contribution >= 4 is 5.97 Å². The number of esters is 1. The third-order valence-corrected chi connectivity index (χ3v) is 3.09. The molecule has 0 rings (SSSR count). The lowest BCUT2D eigenvalue weighted by atomic mass is 9.99. The fraction of sp³-hybridized carbons (Fsp3) is 0.933. The van der Waals surface area contributed by atoms with Gasteiger partial charge in [-0.3, -0.25) is 15.0 Å². The molecule has 0 saturated carbocycles. The van der Waals surface area contributed by atoms with Gasteiger partial charge < -0.3 is 4.74 Å². The van der Waals surface area contributed by atoms with Crippen molar-refractivity contribution in [1.29, 1.82) is 0 Å². The van der Waals surface area contributed by atoms with E-state index in [9.17, 15) is 4.79 Å². The number of ether oxygens (including phenoxy) is 1. The van der Waals surface area contributed by atoms with Gasteiger partial charge in [-0.1, -0.05) is 6.92 Å². The Morgan fingerprint density at radius 2 is 1.84 bits per heavy atom. The first-order chi connectivity index (χ1) is 8.76. The van der Waals surface area contributed by atoms with Crippen molar-refractivity contribution in [1.82, 2.24) is 10.2 Å². The van der Waals surface area contributed by atoms with E-state index in [0.29, 0.717) is 19.2 Å². The van der Waals surface area contributed by atoms with E-state index in [-0.39, 0.29) is 12.0 Å². The summed E-state index contributed by atoms with van der Waals surface area (Å²) in [5.41, 5.74) is -0.649. The lowest BCUT2D eigenvalue weighted by Gasteiger charge is -2.37. The van der Waals surface area contributed by atoms with Crippen LogP contribution >= 0.6 is 0 Å². The average molecular weight is 272 g/mol. The highest BCUT2D eigenvalue weighted by atomic mass is 16.5. The molecule has 0 aromatic carbocycles. The van der Waals surface area contributed by atoms with Gasteiger partial charge in [0.15, 0.2) is 0 Å². The minimum absolute atomic E-state index is 0.162. The minimum atomic E-state index is -0.649. The number of hydrogen-bond acceptors (Lipinski definition) is 4. The van der Waals surface area contributed by atoms with Crippen LogP contribution in [-0.2, 0) is 9.53 Å². The fourth-order valence-electron chi connectivity index (χ4n) is 2.31. The van der Waals surface area contributed by atoms with Gasteiger partial charge in [-0.15, -0.1) is 0 Å². The molecule has 4 nitrogen and oxygen atoms in total. The van der Waals surface area contributed by atoms with E-state index in [1.54, 1.807) is 0 Å². The standard InChI is InChI=1S/C15H32N2O2/c1-8-10-17(13(5)6)11-15(7,16-12(3)4)14(18)19-9-2/h12-13,16H,8-11H2,1-7H3. The normalized spacial score (nSPS) is 15.1. The summed E-state index contributed by atoms with van der Waals surface area (Å²) >= 11 is 0. The summed E-state index contributed by atoms with van der Waals surface area (Å²) < 4.78 is 5.24. The van der Waals surface area contributed by atoms with Crippen molar-refractivity contribution in [2.45, 2.75) is 72.5 Å². The van der Waals surface area contributed by atoms with E-state index in [1.807, 2.05) is 13.8 Å². The fourth-order valence-corrected chi connectivity index (χ4v) is 2.31. The third-order valence-electron chi connectivity index (χ3n) is 3.09. The molecule has 1 atom stereocenters. The number of carbonyl (C=O) groups is 1. The molecule has 0 heterocycles. The summed E-state index contributed by atoms with van der Waals surface area (Å²) in [6.07, 6.45) is 1.08. The Bertz CT molecular complexity index is 267. The number of rotatable bonds is 9. The Morgan fingerprint density at radius 3 is 2.21 bits per heavy atom. The average Bonchev–Trinajstić information content (AvgIpc) is 2.27.